The van der Waals surface area contributed by atoms with E-state index < -0.39 is 16.3 Å². The Morgan fingerprint density at radius 3 is 2.12 bits per heavy atom. The summed E-state index contributed by atoms with van der Waals surface area (Å²) in [6, 6.07) is 6.04. The second kappa shape index (κ2) is 13.6. The van der Waals surface area contributed by atoms with Crippen molar-refractivity contribution < 1.29 is 14.5 Å². The van der Waals surface area contributed by atoms with Gasteiger partial charge >= 0.3 is 5.69 Å². The largest absolute Gasteiger partial charge is 0.474 e. The molecule has 0 aliphatic rings. The summed E-state index contributed by atoms with van der Waals surface area (Å²) < 4.78 is 5.53. The number of ether oxygens (including phenoxy) is 1. The third kappa shape index (κ3) is 9.18. The zero-order valence-corrected chi connectivity index (χ0v) is 16.4. The van der Waals surface area contributed by atoms with Crippen molar-refractivity contribution in [2.24, 2.45) is 0 Å². The number of benzene rings is 1. The van der Waals surface area contributed by atoms with Crippen LogP contribution in [0.3, 0.4) is 0 Å². The Hall–Kier alpha value is -1.62. The highest BCUT2D eigenvalue weighted by Gasteiger charge is 2.22. The number of halogens is 1. The molecule has 1 unspecified atom stereocenters. The summed E-state index contributed by atoms with van der Waals surface area (Å²) in [5.74, 6) is 0.0866. The van der Waals surface area contributed by atoms with E-state index in [9.17, 15) is 14.9 Å². The third-order valence-corrected chi connectivity index (χ3v) is 4.65. The van der Waals surface area contributed by atoms with Gasteiger partial charge in [0.15, 0.2) is 11.9 Å². The average Bonchev–Trinajstić information content (AvgIpc) is 2.62. The number of unbranched alkanes of at least 4 members (excludes halogenated alkanes) is 9. The van der Waals surface area contributed by atoms with Crippen molar-refractivity contribution in [1.82, 2.24) is 0 Å². The van der Waals surface area contributed by atoms with Gasteiger partial charge in [0.25, 0.3) is 5.24 Å². The highest BCUT2D eigenvalue weighted by Crippen LogP contribution is 2.28. The summed E-state index contributed by atoms with van der Waals surface area (Å²) in [5.41, 5.74) is -0.154. The van der Waals surface area contributed by atoms with Gasteiger partial charge < -0.3 is 4.74 Å². The van der Waals surface area contributed by atoms with Gasteiger partial charge in [-0.05, 0) is 30.5 Å². The Balaban J connectivity index is 2.28. The van der Waals surface area contributed by atoms with Gasteiger partial charge in [-0.1, -0.05) is 76.8 Å². The molecule has 0 radical (unpaired) electrons. The highest BCUT2D eigenvalue weighted by atomic mass is 35.5. The topological polar surface area (TPSA) is 69.4 Å². The Morgan fingerprint density at radius 2 is 1.58 bits per heavy atom. The van der Waals surface area contributed by atoms with Gasteiger partial charge in [0.05, 0.1) is 4.92 Å². The smallest absolute Gasteiger partial charge is 0.310 e. The molecule has 1 aromatic rings. The number of para-hydroxylation sites is 2. The lowest BCUT2D eigenvalue weighted by atomic mass is 10.0. The number of carbonyl (C=O) groups is 1. The van der Waals surface area contributed by atoms with Crippen molar-refractivity contribution in [3.8, 4) is 5.75 Å². The third-order valence-electron chi connectivity index (χ3n) is 4.40. The zero-order chi connectivity index (χ0) is 19.2. The predicted octanol–water partition coefficient (Wildman–Crippen LogP) is 6.42. The van der Waals surface area contributed by atoms with Crippen LogP contribution in [-0.2, 0) is 4.79 Å². The van der Waals surface area contributed by atoms with Gasteiger partial charge in [0.2, 0.25) is 0 Å². The first-order valence-electron chi connectivity index (χ1n) is 9.65. The fourth-order valence-electron chi connectivity index (χ4n) is 2.90. The minimum absolute atomic E-state index is 0.0866. The van der Waals surface area contributed by atoms with Crippen molar-refractivity contribution in [2.75, 3.05) is 0 Å². The first kappa shape index (κ1) is 22.4. The monoisotopic (exact) mass is 383 g/mol. The molecule has 0 spiro atoms. The van der Waals surface area contributed by atoms with Crippen LogP contribution in [0.25, 0.3) is 0 Å². The quantitative estimate of drug-likeness (QED) is 0.152. The normalized spacial score (nSPS) is 11.9. The summed E-state index contributed by atoms with van der Waals surface area (Å²) in [4.78, 5) is 22.1. The first-order valence-corrected chi connectivity index (χ1v) is 10.0. The van der Waals surface area contributed by atoms with Crippen LogP contribution in [-0.4, -0.2) is 16.3 Å². The molecule has 0 aromatic heterocycles. The van der Waals surface area contributed by atoms with Crippen molar-refractivity contribution in [1.29, 1.82) is 0 Å². The van der Waals surface area contributed by atoms with E-state index >= 15 is 0 Å². The molecule has 0 saturated heterocycles. The molecule has 0 aliphatic heterocycles. The fourth-order valence-corrected chi connectivity index (χ4v) is 3.05. The molecule has 0 aliphatic carbocycles. The summed E-state index contributed by atoms with van der Waals surface area (Å²) in [6.45, 7) is 2.22. The van der Waals surface area contributed by atoms with Crippen LogP contribution in [0.4, 0.5) is 5.69 Å². The minimum Gasteiger partial charge on any atom is -0.474 e. The Morgan fingerprint density at radius 1 is 1.04 bits per heavy atom. The summed E-state index contributed by atoms with van der Waals surface area (Å²) >= 11 is 5.61. The molecule has 146 valence electrons. The number of carbonyl (C=O) groups excluding carboxylic acids is 1. The molecule has 0 heterocycles. The molecule has 0 saturated carbocycles. The second-order valence-electron chi connectivity index (χ2n) is 6.61. The van der Waals surface area contributed by atoms with Crippen LogP contribution >= 0.6 is 11.6 Å². The number of hydrogen-bond donors (Lipinski definition) is 0. The maximum absolute atomic E-state index is 11.6. The fraction of sp³-hybridized carbons (Fsp3) is 0.650. The Kier molecular flexibility index (Phi) is 11.7. The average molecular weight is 384 g/mol. The molecule has 0 bridgehead atoms. The molecule has 0 fully saturated rings. The number of nitro groups is 1. The minimum atomic E-state index is -0.841. The van der Waals surface area contributed by atoms with Gasteiger partial charge in [0, 0.05) is 6.07 Å². The van der Waals surface area contributed by atoms with Crippen LogP contribution in [0, 0.1) is 10.1 Å². The molecular formula is C20H30ClNO4. The van der Waals surface area contributed by atoms with E-state index in [0.29, 0.717) is 6.42 Å². The standard InChI is InChI=1S/C20H30ClNO4/c1-2-3-4-5-6-7-8-9-10-11-16-19(20(21)23)26-18-15-13-12-14-17(18)22(24)25/h12-15,19H,2-11,16H2,1H3. The van der Waals surface area contributed by atoms with Gasteiger partial charge in [-0.3, -0.25) is 14.9 Å². The second-order valence-corrected chi connectivity index (χ2v) is 6.98. The van der Waals surface area contributed by atoms with Gasteiger partial charge in [-0.25, -0.2) is 0 Å². The lowest BCUT2D eigenvalue weighted by Gasteiger charge is -2.15. The first-order chi connectivity index (χ1) is 12.6. The van der Waals surface area contributed by atoms with E-state index in [1.807, 2.05) is 0 Å². The summed E-state index contributed by atoms with van der Waals surface area (Å²) in [6.07, 6.45) is 11.6. The van der Waals surface area contributed by atoms with E-state index in [0.717, 1.165) is 19.3 Å². The van der Waals surface area contributed by atoms with Crippen molar-refractivity contribution in [3.05, 3.63) is 34.4 Å². The van der Waals surface area contributed by atoms with E-state index in [1.165, 1.54) is 57.1 Å². The maximum atomic E-state index is 11.6. The number of hydrogen-bond acceptors (Lipinski definition) is 4. The highest BCUT2D eigenvalue weighted by molar-refractivity contribution is 6.64. The van der Waals surface area contributed by atoms with Crippen LogP contribution in [0.15, 0.2) is 24.3 Å². The van der Waals surface area contributed by atoms with Crippen molar-refractivity contribution in [2.45, 2.75) is 83.7 Å². The molecule has 0 N–H and O–H groups in total. The summed E-state index contributed by atoms with van der Waals surface area (Å²) in [7, 11) is 0. The van der Waals surface area contributed by atoms with E-state index in [4.69, 9.17) is 16.3 Å². The van der Waals surface area contributed by atoms with E-state index in [2.05, 4.69) is 6.92 Å². The van der Waals surface area contributed by atoms with E-state index in [1.54, 1.807) is 12.1 Å². The molecule has 0 amide bonds. The Labute approximate surface area is 161 Å². The molecule has 1 aromatic carbocycles. The van der Waals surface area contributed by atoms with Crippen molar-refractivity contribution in [3.63, 3.8) is 0 Å². The number of rotatable bonds is 15. The molecular weight excluding hydrogens is 354 g/mol. The van der Waals surface area contributed by atoms with Gasteiger partial charge in [-0.15, -0.1) is 0 Å². The lowest BCUT2D eigenvalue weighted by Crippen LogP contribution is -2.23. The van der Waals surface area contributed by atoms with Crippen molar-refractivity contribution >= 4 is 22.5 Å². The Bertz CT molecular complexity index is 550. The van der Waals surface area contributed by atoms with Crippen LogP contribution in [0.1, 0.15) is 77.6 Å². The van der Waals surface area contributed by atoms with Gasteiger partial charge in [0.1, 0.15) is 0 Å². The molecule has 6 heteroatoms. The van der Waals surface area contributed by atoms with Crippen LogP contribution < -0.4 is 4.74 Å². The molecule has 1 atom stereocenters. The van der Waals surface area contributed by atoms with E-state index in [-0.39, 0.29) is 11.4 Å². The molecule has 5 nitrogen and oxygen atoms in total. The zero-order valence-electron chi connectivity index (χ0n) is 15.6. The maximum Gasteiger partial charge on any atom is 0.310 e. The number of nitrogens with zero attached hydrogens (tertiary/aromatic N) is 1. The lowest BCUT2D eigenvalue weighted by molar-refractivity contribution is -0.386. The molecule has 26 heavy (non-hydrogen) atoms. The SMILES string of the molecule is CCCCCCCCCCCCC(Oc1ccccc1[N+](=O)[O-])C(=O)Cl. The predicted molar refractivity (Wildman–Crippen MR) is 105 cm³/mol. The number of nitro benzene ring substituents is 1. The van der Waals surface area contributed by atoms with Crippen LogP contribution in [0.5, 0.6) is 5.75 Å². The summed E-state index contributed by atoms with van der Waals surface area (Å²) in [5, 5.41) is 10.4. The molecule has 1 rings (SSSR count). The van der Waals surface area contributed by atoms with Gasteiger partial charge in [-0.2, -0.15) is 0 Å². The van der Waals surface area contributed by atoms with Crippen LogP contribution in [0.2, 0.25) is 0 Å².